The van der Waals surface area contributed by atoms with Crippen LogP contribution in [0.5, 0.6) is 0 Å². The van der Waals surface area contributed by atoms with Gasteiger partial charge in [0.05, 0.1) is 11.4 Å². The lowest BCUT2D eigenvalue weighted by atomic mass is 10.2. The summed E-state index contributed by atoms with van der Waals surface area (Å²) in [4.78, 5) is 17.5. The van der Waals surface area contributed by atoms with E-state index in [1.54, 1.807) is 0 Å². The summed E-state index contributed by atoms with van der Waals surface area (Å²) in [6.45, 7) is 0. The number of hydrogen-bond acceptors (Lipinski definition) is 5. The average molecular weight is 376 g/mol. The Morgan fingerprint density at radius 2 is 1.96 bits per heavy atom. The van der Waals surface area contributed by atoms with Gasteiger partial charge in [-0.15, -0.1) is 23.1 Å². The normalized spacial score (nSPS) is 10.5. The highest BCUT2D eigenvalue weighted by Gasteiger charge is 2.10. The van der Waals surface area contributed by atoms with Gasteiger partial charge in [0.2, 0.25) is 5.91 Å². The summed E-state index contributed by atoms with van der Waals surface area (Å²) < 4.78 is 0. The fraction of sp³-hybridized carbons (Fsp3) is 0.0588. The van der Waals surface area contributed by atoms with Crippen LogP contribution < -0.4 is 11.1 Å². The topological polar surface area (TPSA) is 68.0 Å². The summed E-state index contributed by atoms with van der Waals surface area (Å²) in [5.74, 6) is 0.210. The smallest absolute Gasteiger partial charge is 0.236 e. The molecule has 0 aliphatic rings. The van der Waals surface area contributed by atoms with Crippen LogP contribution >= 0.6 is 34.7 Å². The lowest BCUT2D eigenvalue weighted by Gasteiger charge is -2.03. The molecular weight excluding hydrogens is 362 g/mol. The molecule has 1 amide bonds. The Hall–Kier alpha value is -2.02. The highest BCUT2D eigenvalue weighted by atomic mass is 35.5. The molecule has 3 rings (SSSR count). The molecule has 24 heavy (non-hydrogen) atoms. The van der Waals surface area contributed by atoms with Gasteiger partial charge in [0.15, 0.2) is 5.13 Å². The molecule has 0 radical (unpaired) electrons. The van der Waals surface area contributed by atoms with E-state index >= 15 is 0 Å². The van der Waals surface area contributed by atoms with E-state index in [2.05, 4.69) is 10.3 Å². The number of rotatable bonds is 5. The second-order valence-electron chi connectivity index (χ2n) is 4.92. The Balaban J connectivity index is 1.59. The van der Waals surface area contributed by atoms with E-state index in [-0.39, 0.29) is 5.91 Å². The van der Waals surface area contributed by atoms with E-state index in [1.807, 2.05) is 53.9 Å². The van der Waals surface area contributed by atoms with Crippen molar-refractivity contribution in [3.8, 4) is 11.3 Å². The SMILES string of the molecule is Nc1ccc(SCC(=O)Nc2nc(-c3ccccc3Cl)cs2)cc1. The molecule has 3 aromatic rings. The molecular formula is C17H14ClN3OS2. The van der Waals surface area contributed by atoms with Crippen molar-refractivity contribution < 1.29 is 4.79 Å². The van der Waals surface area contributed by atoms with E-state index in [1.165, 1.54) is 23.1 Å². The van der Waals surface area contributed by atoms with Crippen molar-refractivity contribution in [2.75, 3.05) is 16.8 Å². The summed E-state index contributed by atoms with van der Waals surface area (Å²) in [5.41, 5.74) is 7.96. The van der Waals surface area contributed by atoms with Gasteiger partial charge in [-0.05, 0) is 30.3 Å². The molecule has 3 N–H and O–H groups in total. The van der Waals surface area contributed by atoms with Gasteiger partial charge in [0, 0.05) is 26.5 Å². The number of carbonyl (C=O) groups is 1. The molecule has 7 heteroatoms. The molecule has 0 unspecified atom stereocenters. The third kappa shape index (κ3) is 4.29. The molecule has 0 saturated heterocycles. The van der Waals surface area contributed by atoms with Crippen molar-refractivity contribution >= 4 is 51.4 Å². The summed E-state index contributed by atoms with van der Waals surface area (Å²) >= 11 is 9.00. The Kier molecular flexibility index (Phi) is 5.40. The lowest BCUT2D eigenvalue weighted by molar-refractivity contribution is -0.113. The van der Waals surface area contributed by atoms with Crippen LogP contribution in [0.3, 0.4) is 0 Å². The quantitative estimate of drug-likeness (QED) is 0.497. The number of thiazole rings is 1. The van der Waals surface area contributed by atoms with Crippen LogP contribution in [-0.4, -0.2) is 16.6 Å². The zero-order chi connectivity index (χ0) is 16.9. The van der Waals surface area contributed by atoms with Crippen LogP contribution in [0.2, 0.25) is 5.02 Å². The zero-order valence-electron chi connectivity index (χ0n) is 12.5. The Bertz CT molecular complexity index is 849. The van der Waals surface area contributed by atoms with Gasteiger partial charge in [-0.1, -0.05) is 29.8 Å². The maximum atomic E-state index is 12.0. The number of aromatic nitrogens is 1. The fourth-order valence-corrected chi connectivity index (χ4v) is 3.65. The number of benzene rings is 2. The summed E-state index contributed by atoms with van der Waals surface area (Å²) in [6.07, 6.45) is 0. The van der Waals surface area contributed by atoms with Gasteiger partial charge in [-0.3, -0.25) is 4.79 Å². The number of nitrogen functional groups attached to an aromatic ring is 1. The van der Waals surface area contributed by atoms with Gasteiger partial charge < -0.3 is 11.1 Å². The Morgan fingerprint density at radius 3 is 2.71 bits per heavy atom. The maximum Gasteiger partial charge on any atom is 0.236 e. The number of halogens is 1. The van der Waals surface area contributed by atoms with E-state index in [0.29, 0.717) is 21.6 Å². The second-order valence-corrected chi connectivity index (χ2v) is 7.24. The monoisotopic (exact) mass is 375 g/mol. The van der Waals surface area contributed by atoms with Crippen molar-refractivity contribution in [1.29, 1.82) is 0 Å². The number of carbonyl (C=O) groups excluding carboxylic acids is 1. The van der Waals surface area contributed by atoms with Crippen LogP contribution in [0.15, 0.2) is 58.8 Å². The maximum absolute atomic E-state index is 12.0. The van der Waals surface area contributed by atoms with Gasteiger partial charge in [-0.2, -0.15) is 0 Å². The van der Waals surface area contributed by atoms with Gasteiger partial charge in [0.1, 0.15) is 0 Å². The third-order valence-corrected chi connectivity index (χ3v) is 5.25. The van der Waals surface area contributed by atoms with Crippen LogP contribution in [-0.2, 0) is 4.79 Å². The molecule has 0 atom stereocenters. The molecule has 0 fully saturated rings. The minimum Gasteiger partial charge on any atom is -0.399 e. The van der Waals surface area contributed by atoms with Crippen LogP contribution in [0.1, 0.15) is 0 Å². The molecule has 122 valence electrons. The Morgan fingerprint density at radius 1 is 1.21 bits per heavy atom. The first kappa shape index (κ1) is 16.8. The largest absolute Gasteiger partial charge is 0.399 e. The van der Waals surface area contributed by atoms with Crippen molar-refractivity contribution in [1.82, 2.24) is 4.98 Å². The van der Waals surface area contributed by atoms with E-state index in [9.17, 15) is 4.79 Å². The first-order valence-corrected chi connectivity index (χ1v) is 9.35. The van der Waals surface area contributed by atoms with Crippen molar-refractivity contribution in [2.24, 2.45) is 0 Å². The van der Waals surface area contributed by atoms with E-state index < -0.39 is 0 Å². The summed E-state index contributed by atoms with van der Waals surface area (Å²) in [6, 6.07) is 14.9. The number of nitrogens with two attached hydrogens (primary N) is 1. The number of amides is 1. The fourth-order valence-electron chi connectivity index (χ4n) is 1.99. The molecule has 2 aromatic carbocycles. The lowest BCUT2D eigenvalue weighted by Crippen LogP contribution is -2.13. The Labute approximate surface area is 153 Å². The van der Waals surface area contributed by atoms with Gasteiger partial charge in [0.25, 0.3) is 0 Å². The molecule has 0 spiro atoms. The van der Waals surface area contributed by atoms with Crippen LogP contribution in [0, 0.1) is 0 Å². The van der Waals surface area contributed by atoms with Crippen LogP contribution in [0.25, 0.3) is 11.3 Å². The van der Waals surface area contributed by atoms with E-state index in [4.69, 9.17) is 17.3 Å². The zero-order valence-corrected chi connectivity index (χ0v) is 14.9. The number of hydrogen-bond donors (Lipinski definition) is 2. The molecule has 1 heterocycles. The van der Waals surface area contributed by atoms with Crippen molar-refractivity contribution in [3.05, 3.63) is 58.9 Å². The summed E-state index contributed by atoms with van der Waals surface area (Å²) in [7, 11) is 0. The standard InChI is InChI=1S/C17H14ClN3OS2/c18-14-4-2-1-3-13(14)15-9-24-17(20-15)21-16(22)10-23-12-7-5-11(19)6-8-12/h1-9H,10,19H2,(H,20,21,22). The molecule has 0 aliphatic heterocycles. The third-order valence-electron chi connectivity index (χ3n) is 3.15. The van der Waals surface area contributed by atoms with Crippen molar-refractivity contribution in [2.45, 2.75) is 4.90 Å². The first-order valence-electron chi connectivity index (χ1n) is 7.10. The predicted molar refractivity (Wildman–Crippen MR) is 103 cm³/mol. The minimum absolute atomic E-state index is 0.100. The molecule has 4 nitrogen and oxygen atoms in total. The highest BCUT2D eigenvalue weighted by Crippen LogP contribution is 2.30. The van der Waals surface area contributed by atoms with Gasteiger partial charge in [-0.25, -0.2) is 4.98 Å². The van der Waals surface area contributed by atoms with Gasteiger partial charge >= 0.3 is 0 Å². The number of nitrogens with zero attached hydrogens (tertiary/aromatic N) is 1. The predicted octanol–water partition coefficient (Wildman–Crippen LogP) is 4.78. The highest BCUT2D eigenvalue weighted by molar-refractivity contribution is 8.00. The molecule has 0 bridgehead atoms. The number of nitrogens with one attached hydrogen (secondary N) is 1. The molecule has 1 aromatic heterocycles. The number of anilines is 2. The van der Waals surface area contributed by atoms with Crippen molar-refractivity contribution in [3.63, 3.8) is 0 Å². The molecule has 0 aliphatic carbocycles. The second kappa shape index (κ2) is 7.70. The molecule has 0 saturated carbocycles. The first-order chi connectivity index (χ1) is 11.6. The number of thioether (sulfide) groups is 1. The van der Waals surface area contributed by atoms with Crippen LogP contribution in [0.4, 0.5) is 10.8 Å². The summed E-state index contributed by atoms with van der Waals surface area (Å²) in [5, 5.41) is 5.89. The van der Waals surface area contributed by atoms with E-state index in [0.717, 1.165) is 16.2 Å². The minimum atomic E-state index is -0.100. The average Bonchev–Trinajstić information content (AvgIpc) is 3.03.